The molecular formula is C23H24N2O4S. The van der Waals surface area contributed by atoms with E-state index in [-0.39, 0.29) is 24.4 Å². The quantitative estimate of drug-likeness (QED) is 0.556. The van der Waals surface area contributed by atoms with Gasteiger partial charge in [-0.2, -0.15) is 0 Å². The molecule has 0 unspecified atom stereocenters. The summed E-state index contributed by atoms with van der Waals surface area (Å²) < 4.78 is 11.9. The zero-order valence-corrected chi connectivity index (χ0v) is 17.7. The number of amides is 1. The number of esters is 1. The minimum Gasteiger partial charge on any atom is -0.484 e. The minimum atomic E-state index is -0.240. The van der Waals surface area contributed by atoms with E-state index in [1.54, 1.807) is 23.2 Å². The molecule has 0 aliphatic carbocycles. The lowest BCUT2D eigenvalue weighted by Gasteiger charge is -2.31. The smallest absolute Gasteiger partial charge is 0.310 e. The lowest BCUT2D eigenvalue weighted by molar-refractivity contribution is -0.151. The first-order chi connectivity index (χ1) is 14.6. The molecule has 7 heteroatoms. The highest BCUT2D eigenvalue weighted by Gasteiger charge is 2.29. The molecular weight excluding hydrogens is 400 g/mol. The van der Waals surface area contributed by atoms with Crippen LogP contribution in [0.1, 0.15) is 19.8 Å². The van der Waals surface area contributed by atoms with Gasteiger partial charge >= 0.3 is 5.97 Å². The Bertz CT molecular complexity index is 998. The van der Waals surface area contributed by atoms with Gasteiger partial charge in [0.15, 0.2) is 6.61 Å². The number of hydrogen-bond donors (Lipinski definition) is 0. The molecule has 1 atom stereocenters. The van der Waals surface area contributed by atoms with Gasteiger partial charge < -0.3 is 14.4 Å². The van der Waals surface area contributed by atoms with Gasteiger partial charge in [0.2, 0.25) is 0 Å². The molecule has 1 saturated heterocycles. The molecule has 1 fully saturated rings. The van der Waals surface area contributed by atoms with Crippen LogP contribution >= 0.6 is 11.3 Å². The molecule has 1 aliphatic rings. The minimum absolute atomic E-state index is 0.0456. The summed E-state index contributed by atoms with van der Waals surface area (Å²) in [6, 6.07) is 15.7. The third-order valence-corrected chi connectivity index (χ3v) is 6.24. The Kier molecular flexibility index (Phi) is 6.28. The Balaban J connectivity index is 1.33. The van der Waals surface area contributed by atoms with Gasteiger partial charge in [-0.05, 0) is 56.2 Å². The second kappa shape index (κ2) is 9.26. The summed E-state index contributed by atoms with van der Waals surface area (Å²) in [5, 5.41) is 0.956. The van der Waals surface area contributed by atoms with Gasteiger partial charge in [0.1, 0.15) is 10.8 Å². The van der Waals surface area contributed by atoms with E-state index in [9.17, 15) is 9.59 Å². The van der Waals surface area contributed by atoms with Gasteiger partial charge in [0, 0.05) is 18.7 Å². The summed E-state index contributed by atoms with van der Waals surface area (Å²) in [6.07, 6.45) is 1.56. The van der Waals surface area contributed by atoms with Gasteiger partial charge in [-0.15, -0.1) is 11.3 Å². The van der Waals surface area contributed by atoms with Crippen molar-refractivity contribution in [2.45, 2.75) is 19.8 Å². The molecule has 0 saturated carbocycles. The van der Waals surface area contributed by atoms with Crippen LogP contribution in [-0.2, 0) is 14.3 Å². The maximum atomic E-state index is 12.5. The van der Waals surface area contributed by atoms with Crippen molar-refractivity contribution in [3.05, 3.63) is 48.5 Å². The molecule has 1 aliphatic heterocycles. The van der Waals surface area contributed by atoms with Gasteiger partial charge in [0.25, 0.3) is 5.91 Å². The number of carbonyl (C=O) groups is 2. The normalized spacial score (nSPS) is 16.4. The molecule has 0 N–H and O–H groups in total. The van der Waals surface area contributed by atoms with E-state index in [2.05, 4.69) is 11.1 Å². The number of ether oxygens (including phenoxy) is 2. The Morgan fingerprint density at radius 3 is 2.73 bits per heavy atom. The number of aromatic nitrogens is 1. The molecule has 4 rings (SSSR count). The van der Waals surface area contributed by atoms with Crippen LogP contribution in [0.4, 0.5) is 0 Å². The summed E-state index contributed by atoms with van der Waals surface area (Å²) in [7, 11) is 0. The van der Waals surface area contributed by atoms with Crippen LogP contribution in [0.2, 0.25) is 0 Å². The maximum absolute atomic E-state index is 12.5. The van der Waals surface area contributed by atoms with Crippen molar-refractivity contribution in [2.75, 3.05) is 26.3 Å². The largest absolute Gasteiger partial charge is 0.484 e. The number of carbonyl (C=O) groups excluding carboxylic acids is 2. The fourth-order valence-electron chi connectivity index (χ4n) is 3.58. The van der Waals surface area contributed by atoms with Gasteiger partial charge in [-0.3, -0.25) is 9.59 Å². The number of likely N-dealkylation sites (tertiary alicyclic amines) is 1. The Hall–Kier alpha value is -2.93. The summed E-state index contributed by atoms with van der Waals surface area (Å²) >= 11 is 1.65. The number of piperidine rings is 1. The second-order valence-electron chi connectivity index (χ2n) is 7.23. The number of rotatable bonds is 6. The molecule has 2 aromatic carbocycles. The summed E-state index contributed by atoms with van der Waals surface area (Å²) in [6.45, 7) is 3.15. The van der Waals surface area contributed by atoms with Crippen molar-refractivity contribution in [1.29, 1.82) is 0 Å². The van der Waals surface area contributed by atoms with E-state index in [1.807, 2.05) is 42.5 Å². The van der Waals surface area contributed by atoms with Gasteiger partial charge in [0.05, 0.1) is 22.7 Å². The van der Waals surface area contributed by atoms with E-state index in [0.717, 1.165) is 33.6 Å². The molecule has 3 aromatic rings. The van der Waals surface area contributed by atoms with Crippen LogP contribution in [0.3, 0.4) is 0 Å². The maximum Gasteiger partial charge on any atom is 0.310 e. The first-order valence-corrected chi connectivity index (χ1v) is 11.0. The van der Waals surface area contributed by atoms with Crippen LogP contribution in [-0.4, -0.2) is 48.1 Å². The third-order valence-electron chi connectivity index (χ3n) is 5.15. The van der Waals surface area contributed by atoms with E-state index < -0.39 is 0 Å². The average Bonchev–Trinajstić information content (AvgIpc) is 3.22. The first-order valence-electron chi connectivity index (χ1n) is 10.2. The van der Waals surface area contributed by atoms with Crippen molar-refractivity contribution in [2.24, 2.45) is 5.92 Å². The number of nitrogens with zero attached hydrogens (tertiary/aromatic N) is 2. The second-order valence-corrected chi connectivity index (χ2v) is 8.26. The lowest BCUT2D eigenvalue weighted by Crippen LogP contribution is -2.44. The summed E-state index contributed by atoms with van der Waals surface area (Å²) in [5.74, 6) is 0.0588. The van der Waals surface area contributed by atoms with Crippen molar-refractivity contribution < 1.29 is 19.1 Å². The monoisotopic (exact) mass is 424 g/mol. The van der Waals surface area contributed by atoms with Crippen LogP contribution in [0, 0.1) is 5.92 Å². The number of benzene rings is 2. The lowest BCUT2D eigenvalue weighted by atomic mass is 9.98. The predicted octanol–water partition coefficient (Wildman–Crippen LogP) is 4.14. The highest BCUT2D eigenvalue weighted by molar-refractivity contribution is 7.21. The van der Waals surface area contributed by atoms with Crippen molar-refractivity contribution in [1.82, 2.24) is 9.88 Å². The Labute approximate surface area is 179 Å². The Morgan fingerprint density at radius 2 is 1.97 bits per heavy atom. The SMILES string of the molecule is CCOC(=O)[C@H]1CCCN(C(=O)COc2ccc(-c3nc4ccccc4s3)cc2)C1. The summed E-state index contributed by atoms with van der Waals surface area (Å²) in [4.78, 5) is 30.8. The zero-order chi connectivity index (χ0) is 20.9. The standard InChI is InChI=1S/C23H24N2O4S/c1-2-28-23(27)17-6-5-13-25(14-17)21(26)15-29-18-11-9-16(10-12-18)22-24-19-7-3-4-8-20(19)30-22/h3-4,7-12,17H,2,5-6,13-15H2,1H3/t17-/m0/s1. The fourth-order valence-corrected chi connectivity index (χ4v) is 4.55. The molecule has 30 heavy (non-hydrogen) atoms. The fraction of sp³-hybridized carbons (Fsp3) is 0.348. The first kappa shape index (κ1) is 20.3. The van der Waals surface area contributed by atoms with Crippen LogP contribution in [0.25, 0.3) is 20.8 Å². The number of thiazole rings is 1. The van der Waals surface area contributed by atoms with Crippen LogP contribution in [0.5, 0.6) is 5.75 Å². The van der Waals surface area contributed by atoms with Gasteiger partial charge in [-0.1, -0.05) is 12.1 Å². The molecule has 6 nitrogen and oxygen atoms in total. The molecule has 156 valence electrons. The van der Waals surface area contributed by atoms with E-state index in [4.69, 9.17) is 9.47 Å². The third kappa shape index (κ3) is 4.62. The van der Waals surface area contributed by atoms with E-state index in [1.165, 1.54) is 0 Å². The van der Waals surface area contributed by atoms with Crippen molar-refractivity contribution >= 4 is 33.4 Å². The number of fused-ring (bicyclic) bond motifs is 1. The Morgan fingerprint density at radius 1 is 1.17 bits per heavy atom. The molecule has 2 heterocycles. The topological polar surface area (TPSA) is 68.7 Å². The highest BCUT2D eigenvalue weighted by atomic mass is 32.1. The van der Waals surface area contributed by atoms with Crippen molar-refractivity contribution in [3.8, 4) is 16.3 Å². The van der Waals surface area contributed by atoms with Crippen LogP contribution in [0.15, 0.2) is 48.5 Å². The molecule has 1 aromatic heterocycles. The number of hydrogen-bond acceptors (Lipinski definition) is 6. The molecule has 0 bridgehead atoms. The van der Waals surface area contributed by atoms with E-state index >= 15 is 0 Å². The van der Waals surface area contributed by atoms with Crippen LogP contribution < -0.4 is 4.74 Å². The molecule has 0 radical (unpaired) electrons. The predicted molar refractivity (Wildman–Crippen MR) is 116 cm³/mol. The zero-order valence-electron chi connectivity index (χ0n) is 16.9. The number of para-hydroxylation sites is 1. The summed E-state index contributed by atoms with van der Waals surface area (Å²) in [5.41, 5.74) is 2.01. The average molecular weight is 425 g/mol. The van der Waals surface area contributed by atoms with Crippen molar-refractivity contribution in [3.63, 3.8) is 0 Å². The highest BCUT2D eigenvalue weighted by Crippen LogP contribution is 2.30. The molecule has 1 amide bonds. The molecule has 0 spiro atoms. The van der Waals surface area contributed by atoms with E-state index in [0.29, 0.717) is 25.4 Å². The van der Waals surface area contributed by atoms with Gasteiger partial charge in [-0.25, -0.2) is 4.98 Å².